The number of nitrogens with zero attached hydrogens (tertiary/aromatic N) is 1. The second kappa shape index (κ2) is 13.2. The topological polar surface area (TPSA) is 56.4 Å². The van der Waals surface area contributed by atoms with Crippen molar-refractivity contribution in [3.05, 3.63) is 71.3 Å². The predicted octanol–water partition coefficient (Wildman–Crippen LogP) is 5.32. The SMILES string of the molecule is CCCCN(CCC1c2ccccc2NC1C)Cc1ccc(/C=C/C(=O)NNCCC)cc1. The van der Waals surface area contributed by atoms with Gasteiger partial charge in [-0.1, -0.05) is 62.7 Å². The molecule has 0 aromatic heterocycles. The molecule has 5 heteroatoms. The minimum absolute atomic E-state index is 0.129. The van der Waals surface area contributed by atoms with Crippen LogP contribution in [0.4, 0.5) is 5.69 Å². The highest BCUT2D eigenvalue weighted by Gasteiger charge is 2.28. The summed E-state index contributed by atoms with van der Waals surface area (Å²) in [7, 11) is 0. The molecule has 3 N–H and O–H groups in total. The summed E-state index contributed by atoms with van der Waals surface area (Å²) in [4.78, 5) is 14.4. The minimum atomic E-state index is -0.129. The van der Waals surface area contributed by atoms with Crippen LogP contribution in [-0.4, -0.2) is 36.5 Å². The van der Waals surface area contributed by atoms with Crippen molar-refractivity contribution >= 4 is 17.7 Å². The maximum atomic E-state index is 11.8. The molecule has 178 valence electrons. The second-order valence-corrected chi connectivity index (χ2v) is 9.04. The molecule has 0 fully saturated rings. The van der Waals surface area contributed by atoms with Crippen LogP contribution in [0.25, 0.3) is 6.08 Å². The molecule has 0 saturated carbocycles. The summed E-state index contributed by atoms with van der Waals surface area (Å²) >= 11 is 0. The molecule has 1 aliphatic rings. The Hall–Kier alpha value is -2.63. The molecule has 0 saturated heterocycles. The average molecular weight is 449 g/mol. The van der Waals surface area contributed by atoms with Crippen LogP contribution in [0, 0.1) is 0 Å². The number of para-hydroxylation sites is 1. The van der Waals surface area contributed by atoms with Gasteiger partial charge in [-0.25, -0.2) is 5.43 Å². The molecule has 2 aromatic carbocycles. The lowest BCUT2D eigenvalue weighted by Crippen LogP contribution is -2.36. The van der Waals surface area contributed by atoms with E-state index in [4.69, 9.17) is 0 Å². The lowest BCUT2D eigenvalue weighted by Gasteiger charge is -2.25. The van der Waals surface area contributed by atoms with Gasteiger partial charge in [-0.05, 0) is 68.1 Å². The fourth-order valence-corrected chi connectivity index (χ4v) is 4.43. The van der Waals surface area contributed by atoms with E-state index in [1.54, 1.807) is 6.08 Å². The third-order valence-corrected chi connectivity index (χ3v) is 6.33. The van der Waals surface area contributed by atoms with Gasteiger partial charge in [0.05, 0.1) is 0 Å². The van der Waals surface area contributed by atoms with Crippen molar-refractivity contribution in [3.8, 4) is 0 Å². The maximum absolute atomic E-state index is 11.8. The summed E-state index contributed by atoms with van der Waals surface area (Å²) in [5.41, 5.74) is 10.7. The normalized spacial score (nSPS) is 17.3. The van der Waals surface area contributed by atoms with Gasteiger partial charge in [0.2, 0.25) is 0 Å². The Morgan fingerprint density at radius 2 is 1.85 bits per heavy atom. The van der Waals surface area contributed by atoms with Crippen LogP contribution >= 0.6 is 0 Å². The Labute approximate surface area is 199 Å². The first-order valence-electron chi connectivity index (χ1n) is 12.5. The van der Waals surface area contributed by atoms with Gasteiger partial charge in [0, 0.05) is 36.8 Å². The van der Waals surface area contributed by atoms with Crippen LogP contribution in [-0.2, 0) is 11.3 Å². The number of carbonyl (C=O) groups is 1. The first-order valence-corrected chi connectivity index (χ1v) is 12.5. The smallest absolute Gasteiger partial charge is 0.258 e. The first-order chi connectivity index (χ1) is 16.1. The standard InChI is InChI=1S/C28H40N4O/c1-4-6-19-32(20-17-25-22(3)30-27-10-8-7-9-26(25)27)21-24-13-11-23(12-14-24)15-16-28(33)31-29-18-5-2/h7-16,22,25,29-30H,4-6,17-21H2,1-3H3,(H,31,33)/b16-15+. The van der Waals surface area contributed by atoms with E-state index in [0.29, 0.717) is 12.0 Å². The molecule has 0 radical (unpaired) electrons. The van der Waals surface area contributed by atoms with Gasteiger partial charge < -0.3 is 5.32 Å². The van der Waals surface area contributed by atoms with Crippen LogP contribution in [0.2, 0.25) is 0 Å². The van der Waals surface area contributed by atoms with E-state index in [0.717, 1.165) is 44.6 Å². The molecular weight excluding hydrogens is 408 g/mol. The van der Waals surface area contributed by atoms with Gasteiger partial charge in [0.1, 0.15) is 0 Å². The molecule has 2 aromatic rings. The van der Waals surface area contributed by atoms with E-state index < -0.39 is 0 Å². The van der Waals surface area contributed by atoms with Gasteiger partial charge in [-0.2, -0.15) is 0 Å². The molecule has 1 amide bonds. The largest absolute Gasteiger partial charge is 0.382 e. The Morgan fingerprint density at radius 3 is 2.61 bits per heavy atom. The van der Waals surface area contributed by atoms with Gasteiger partial charge in [-0.3, -0.25) is 15.1 Å². The van der Waals surface area contributed by atoms with Crippen molar-refractivity contribution in [2.45, 2.75) is 65.0 Å². The van der Waals surface area contributed by atoms with E-state index in [1.807, 2.05) is 6.08 Å². The van der Waals surface area contributed by atoms with Gasteiger partial charge >= 0.3 is 0 Å². The van der Waals surface area contributed by atoms with Crippen molar-refractivity contribution in [1.82, 2.24) is 15.8 Å². The first kappa shape index (κ1) is 25.0. The number of amides is 1. The van der Waals surface area contributed by atoms with Crippen LogP contribution in [0.5, 0.6) is 0 Å². The Bertz CT molecular complexity index is 893. The molecule has 5 nitrogen and oxygen atoms in total. The molecule has 1 heterocycles. The van der Waals surface area contributed by atoms with Gasteiger partial charge in [0.15, 0.2) is 0 Å². The zero-order chi connectivity index (χ0) is 23.5. The highest BCUT2D eigenvalue weighted by atomic mass is 16.2. The fourth-order valence-electron chi connectivity index (χ4n) is 4.43. The number of anilines is 1. The molecule has 1 aliphatic heterocycles. The number of hydrogen-bond acceptors (Lipinski definition) is 4. The number of hydrogen-bond donors (Lipinski definition) is 3. The summed E-state index contributed by atoms with van der Waals surface area (Å²) in [6.45, 7) is 10.6. The van der Waals surface area contributed by atoms with E-state index in [1.165, 1.54) is 29.7 Å². The molecule has 0 bridgehead atoms. The van der Waals surface area contributed by atoms with Crippen molar-refractivity contribution in [2.24, 2.45) is 0 Å². The third-order valence-electron chi connectivity index (χ3n) is 6.33. The van der Waals surface area contributed by atoms with Crippen LogP contribution in [0.15, 0.2) is 54.6 Å². The third kappa shape index (κ3) is 7.72. The van der Waals surface area contributed by atoms with Crippen molar-refractivity contribution in [1.29, 1.82) is 0 Å². The molecule has 33 heavy (non-hydrogen) atoms. The molecule has 3 rings (SSSR count). The summed E-state index contributed by atoms with van der Waals surface area (Å²) < 4.78 is 0. The number of benzene rings is 2. The Kier molecular flexibility index (Phi) is 9.98. The van der Waals surface area contributed by atoms with Gasteiger partial charge in [0.25, 0.3) is 5.91 Å². The van der Waals surface area contributed by atoms with Gasteiger partial charge in [-0.15, -0.1) is 0 Å². The number of hydrazine groups is 1. The fraction of sp³-hybridized carbons (Fsp3) is 0.464. The lowest BCUT2D eigenvalue weighted by molar-refractivity contribution is -0.117. The molecule has 2 atom stereocenters. The number of carbonyl (C=O) groups excluding carboxylic acids is 1. The molecule has 0 aliphatic carbocycles. The Morgan fingerprint density at radius 1 is 1.06 bits per heavy atom. The highest BCUT2D eigenvalue weighted by Crippen LogP contribution is 2.37. The van der Waals surface area contributed by atoms with E-state index in [2.05, 4.69) is 90.4 Å². The summed E-state index contributed by atoms with van der Waals surface area (Å²) in [6.07, 6.45) is 7.99. The predicted molar refractivity (Wildman–Crippen MR) is 139 cm³/mol. The zero-order valence-corrected chi connectivity index (χ0v) is 20.4. The Balaban J connectivity index is 1.55. The van der Waals surface area contributed by atoms with Crippen molar-refractivity contribution in [2.75, 3.05) is 25.0 Å². The van der Waals surface area contributed by atoms with Crippen LogP contribution < -0.4 is 16.2 Å². The minimum Gasteiger partial charge on any atom is -0.382 e. The van der Waals surface area contributed by atoms with Crippen LogP contribution in [0.1, 0.15) is 69.1 Å². The highest BCUT2D eigenvalue weighted by molar-refractivity contribution is 5.91. The van der Waals surface area contributed by atoms with E-state index in [9.17, 15) is 4.79 Å². The number of fused-ring (bicyclic) bond motifs is 1. The molecule has 0 spiro atoms. The zero-order valence-electron chi connectivity index (χ0n) is 20.4. The maximum Gasteiger partial charge on any atom is 0.258 e. The van der Waals surface area contributed by atoms with Crippen molar-refractivity contribution < 1.29 is 4.79 Å². The monoisotopic (exact) mass is 448 g/mol. The van der Waals surface area contributed by atoms with Crippen LogP contribution in [0.3, 0.4) is 0 Å². The van der Waals surface area contributed by atoms with Crippen molar-refractivity contribution in [3.63, 3.8) is 0 Å². The summed E-state index contributed by atoms with van der Waals surface area (Å²) in [5.74, 6) is 0.436. The quantitative estimate of drug-likeness (QED) is 0.220. The summed E-state index contributed by atoms with van der Waals surface area (Å²) in [5, 5.41) is 3.65. The molecule has 2 unspecified atom stereocenters. The lowest BCUT2D eigenvalue weighted by atomic mass is 9.92. The van der Waals surface area contributed by atoms with E-state index >= 15 is 0 Å². The number of unbranched alkanes of at least 4 members (excludes halogenated alkanes) is 1. The second-order valence-electron chi connectivity index (χ2n) is 9.04. The summed E-state index contributed by atoms with van der Waals surface area (Å²) in [6, 6.07) is 17.8. The number of rotatable bonds is 13. The van der Waals surface area contributed by atoms with E-state index in [-0.39, 0.29) is 5.91 Å². The average Bonchev–Trinajstić information content (AvgIpc) is 3.15. The number of nitrogens with one attached hydrogen (secondary N) is 3. The molecular formula is C28H40N4O.